The zero-order chi connectivity index (χ0) is 31.5. The molecule has 0 aliphatic heterocycles. The molecule has 0 N–H and O–H groups in total. The Hall–Kier alpha value is -5.46. The maximum Gasteiger partial charge on any atom is -0.00942 e. The SMILES string of the molecule is C=C/C=C(/CC=C)c1cc(-c2cccc(-c3cccc4c3C=CCC4C)c2)cc(-c2cccc(-c3cccc4ccccc34)c2)c1. The number of allylic oxidation sites excluding steroid dienone is 5. The Bertz CT molecular complexity index is 2150. The van der Waals surface area contributed by atoms with Gasteiger partial charge in [-0.1, -0.05) is 141 Å². The lowest BCUT2D eigenvalue weighted by molar-refractivity contribution is 0.772. The fourth-order valence-corrected chi connectivity index (χ4v) is 6.90. The normalized spacial score (nSPS) is 14.2. The molecule has 0 heterocycles. The molecule has 1 atom stereocenters. The summed E-state index contributed by atoms with van der Waals surface area (Å²) in [6.45, 7) is 10.4. The minimum atomic E-state index is 0.534. The number of rotatable bonds is 8. The molecule has 1 aliphatic rings. The van der Waals surface area contributed by atoms with E-state index in [1.54, 1.807) is 0 Å². The first-order valence-electron chi connectivity index (χ1n) is 16.2. The van der Waals surface area contributed by atoms with Gasteiger partial charge in [-0.2, -0.15) is 0 Å². The van der Waals surface area contributed by atoms with Crippen molar-refractivity contribution in [2.75, 3.05) is 0 Å². The Morgan fingerprint density at radius 3 is 2.00 bits per heavy atom. The Morgan fingerprint density at radius 2 is 1.26 bits per heavy atom. The third kappa shape index (κ3) is 5.71. The van der Waals surface area contributed by atoms with Gasteiger partial charge in [-0.25, -0.2) is 0 Å². The van der Waals surface area contributed by atoms with Crippen molar-refractivity contribution < 1.29 is 0 Å². The van der Waals surface area contributed by atoms with Crippen molar-refractivity contribution in [3.8, 4) is 44.5 Å². The molecule has 6 aromatic carbocycles. The van der Waals surface area contributed by atoms with Crippen LogP contribution in [-0.2, 0) is 0 Å². The van der Waals surface area contributed by atoms with E-state index >= 15 is 0 Å². The summed E-state index contributed by atoms with van der Waals surface area (Å²) >= 11 is 0. The van der Waals surface area contributed by atoms with E-state index in [-0.39, 0.29) is 0 Å². The van der Waals surface area contributed by atoms with E-state index in [0.29, 0.717) is 5.92 Å². The van der Waals surface area contributed by atoms with Gasteiger partial charge in [0.25, 0.3) is 0 Å². The lowest BCUT2D eigenvalue weighted by Gasteiger charge is -2.21. The minimum absolute atomic E-state index is 0.534. The first-order chi connectivity index (χ1) is 22.6. The van der Waals surface area contributed by atoms with E-state index in [1.165, 1.54) is 77.5 Å². The van der Waals surface area contributed by atoms with Gasteiger partial charge in [0.1, 0.15) is 0 Å². The molecule has 0 saturated heterocycles. The lowest BCUT2D eigenvalue weighted by Crippen LogP contribution is -2.01. The Labute approximate surface area is 273 Å². The van der Waals surface area contributed by atoms with Gasteiger partial charge in [-0.05, 0) is 127 Å². The average molecular weight is 591 g/mol. The van der Waals surface area contributed by atoms with Gasteiger partial charge in [0.2, 0.25) is 0 Å². The highest BCUT2D eigenvalue weighted by Gasteiger charge is 2.17. The van der Waals surface area contributed by atoms with Crippen LogP contribution in [0.4, 0.5) is 0 Å². The number of hydrogen-bond acceptors (Lipinski definition) is 0. The molecule has 46 heavy (non-hydrogen) atoms. The van der Waals surface area contributed by atoms with Crippen LogP contribution in [0.25, 0.3) is 66.9 Å². The van der Waals surface area contributed by atoms with Gasteiger partial charge in [-0.3, -0.25) is 0 Å². The Kier molecular flexibility index (Phi) is 8.19. The molecule has 0 radical (unpaired) electrons. The third-order valence-corrected chi connectivity index (χ3v) is 9.24. The van der Waals surface area contributed by atoms with Gasteiger partial charge in [0, 0.05) is 0 Å². The van der Waals surface area contributed by atoms with Crippen LogP contribution in [0.15, 0.2) is 165 Å². The van der Waals surface area contributed by atoms with E-state index < -0.39 is 0 Å². The van der Waals surface area contributed by atoms with Gasteiger partial charge in [-0.15, -0.1) is 6.58 Å². The van der Waals surface area contributed by atoms with Crippen LogP contribution in [-0.4, -0.2) is 0 Å². The number of benzene rings is 6. The van der Waals surface area contributed by atoms with E-state index in [0.717, 1.165) is 12.8 Å². The molecule has 0 aromatic heterocycles. The predicted molar refractivity (Wildman–Crippen MR) is 201 cm³/mol. The van der Waals surface area contributed by atoms with Crippen molar-refractivity contribution in [1.29, 1.82) is 0 Å². The molecule has 6 aromatic rings. The molecule has 7 rings (SSSR count). The minimum Gasteiger partial charge on any atom is -0.103 e. The molecule has 0 nitrogen and oxygen atoms in total. The lowest BCUT2D eigenvalue weighted by atomic mass is 9.84. The van der Waals surface area contributed by atoms with E-state index in [4.69, 9.17) is 0 Å². The smallest absolute Gasteiger partial charge is 0.00942 e. The molecule has 0 heteroatoms. The molecule has 0 spiro atoms. The first-order valence-corrected chi connectivity index (χ1v) is 16.2. The summed E-state index contributed by atoms with van der Waals surface area (Å²) in [4.78, 5) is 0. The second-order valence-electron chi connectivity index (χ2n) is 12.3. The van der Waals surface area contributed by atoms with Crippen molar-refractivity contribution in [2.24, 2.45) is 0 Å². The molecular formula is C46H38. The fourth-order valence-electron chi connectivity index (χ4n) is 6.90. The average Bonchev–Trinajstić information content (AvgIpc) is 3.11. The Balaban J connectivity index is 1.37. The third-order valence-electron chi connectivity index (χ3n) is 9.24. The van der Waals surface area contributed by atoms with Crippen LogP contribution in [0, 0.1) is 0 Å². The van der Waals surface area contributed by atoms with Crippen molar-refractivity contribution in [3.63, 3.8) is 0 Å². The summed E-state index contributed by atoms with van der Waals surface area (Å²) in [5.41, 5.74) is 14.9. The maximum atomic E-state index is 4.04. The zero-order valence-electron chi connectivity index (χ0n) is 26.4. The molecule has 1 unspecified atom stereocenters. The molecule has 0 saturated carbocycles. The van der Waals surface area contributed by atoms with Crippen LogP contribution < -0.4 is 0 Å². The van der Waals surface area contributed by atoms with Crippen LogP contribution in [0.1, 0.15) is 42.4 Å². The standard InChI is InChI=1S/C46H38/c1-4-13-33(14-5-2)39-29-40(35-18-9-20-37(27-35)44-24-11-17-34-16-6-7-22-43(34)44)31-41(30-39)36-19-10-21-38(28-36)45-25-12-23-42-32(3)15-8-26-46(42)45/h4-13,16-32H,1-2,14-15H2,3H3/b33-13-. The summed E-state index contributed by atoms with van der Waals surface area (Å²) in [6, 6.07) is 46.9. The topological polar surface area (TPSA) is 0 Å². The van der Waals surface area contributed by atoms with Crippen molar-refractivity contribution in [2.45, 2.75) is 25.7 Å². The maximum absolute atomic E-state index is 4.04. The molecule has 222 valence electrons. The number of hydrogen-bond donors (Lipinski definition) is 0. The number of fused-ring (bicyclic) bond motifs is 2. The van der Waals surface area contributed by atoms with Gasteiger partial charge in [0.05, 0.1) is 0 Å². The predicted octanol–water partition coefficient (Wildman–Crippen LogP) is 13.2. The van der Waals surface area contributed by atoms with Gasteiger partial charge < -0.3 is 0 Å². The Morgan fingerprint density at radius 1 is 0.652 bits per heavy atom. The van der Waals surface area contributed by atoms with E-state index in [9.17, 15) is 0 Å². The summed E-state index contributed by atoms with van der Waals surface area (Å²) in [7, 11) is 0. The van der Waals surface area contributed by atoms with Crippen LogP contribution >= 0.6 is 0 Å². The second-order valence-corrected chi connectivity index (χ2v) is 12.3. The first kappa shape index (κ1) is 29.3. The molecular weight excluding hydrogens is 553 g/mol. The van der Waals surface area contributed by atoms with E-state index in [2.05, 4.69) is 166 Å². The zero-order valence-corrected chi connectivity index (χ0v) is 26.4. The second kappa shape index (κ2) is 12.9. The van der Waals surface area contributed by atoms with Crippen LogP contribution in [0.5, 0.6) is 0 Å². The van der Waals surface area contributed by atoms with Crippen molar-refractivity contribution >= 4 is 22.4 Å². The summed E-state index contributed by atoms with van der Waals surface area (Å²) in [5, 5.41) is 2.52. The van der Waals surface area contributed by atoms with Crippen LogP contribution in [0.3, 0.4) is 0 Å². The molecule has 0 bridgehead atoms. The summed E-state index contributed by atoms with van der Waals surface area (Å²) in [5.74, 6) is 0.534. The molecule has 1 aliphatic carbocycles. The summed E-state index contributed by atoms with van der Waals surface area (Å²) in [6.07, 6.45) is 12.4. The van der Waals surface area contributed by atoms with Gasteiger partial charge >= 0.3 is 0 Å². The highest BCUT2D eigenvalue weighted by Crippen LogP contribution is 2.39. The van der Waals surface area contributed by atoms with Gasteiger partial charge in [0.15, 0.2) is 0 Å². The van der Waals surface area contributed by atoms with Crippen molar-refractivity contribution in [3.05, 3.63) is 182 Å². The van der Waals surface area contributed by atoms with Crippen LogP contribution in [0.2, 0.25) is 0 Å². The fraction of sp³-hybridized carbons (Fsp3) is 0.0870. The van der Waals surface area contributed by atoms with E-state index in [1.807, 2.05) is 12.2 Å². The highest BCUT2D eigenvalue weighted by atomic mass is 14.2. The molecule has 0 amide bonds. The highest BCUT2D eigenvalue weighted by molar-refractivity contribution is 5.97. The summed E-state index contributed by atoms with van der Waals surface area (Å²) < 4.78 is 0. The molecule has 0 fully saturated rings. The largest absolute Gasteiger partial charge is 0.103 e. The van der Waals surface area contributed by atoms with Crippen molar-refractivity contribution in [1.82, 2.24) is 0 Å². The quantitative estimate of drug-likeness (QED) is 0.122. The monoisotopic (exact) mass is 590 g/mol.